The average molecular weight is 485 g/mol. The van der Waals surface area contributed by atoms with E-state index in [-0.39, 0.29) is 25.4 Å². The standard InChI is InChI=1S/C27H32O8/c1-17-8-10-26-15-32-24(30)13-18(2)9-11-31-22(28)6-4-5-7-23(29)35-19-14-21(34-20(26)12-17)27(16-33-27)25(19,26)3/h4-7,12-13,19-21H,8-11,14-16H2,1-3H3/b6-4+,7-5-,18-13+/t19-,20-,21-,25-,26-,27+/m1/s1. The lowest BCUT2D eigenvalue weighted by molar-refractivity contribution is -0.232. The molecule has 5 aliphatic rings. The van der Waals surface area contributed by atoms with Gasteiger partial charge in [-0.3, -0.25) is 0 Å². The molecule has 8 nitrogen and oxygen atoms in total. The van der Waals surface area contributed by atoms with E-state index in [1.54, 1.807) is 6.92 Å². The van der Waals surface area contributed by atoms with Gasteiger partial charge in [-0.05, 0) is 26.7 Å². The van der Waals surface area contributed by atoms with Crippen LogP contribution >= 0.6 is 0 Å². The van der Waals surface area contributed by atoms with Gasteiger partial charge >= 0.3 is 17.9 Å². The lowest BCUT2D eigenvalue weighted by Gasteiger charge is -2.58. The van der Waals surface area contributed by atoms with E-state index in [1.807, 2.05) is 0 Å². The monoisotopic (exact) mass is 484 g/mol. The summed E-state index contributed by atoms with van der Waals surface area (Å²) < 4.78 is 29.7. The van der Waals surface area contributed by atoms with Crippen LogP contribution in [0.5, 0.6) is 0 Å². The first-order chi connectivity index (χ1) is 16.7. The van der Waals surface area contributed by atoms with Gasteiger partial charge in [0.15, 0.2) is 0 Å². The van der Waals surface area contributed by atoms with Crippen molar-refractivity contribution in [2.75, 3.05) is 19.8 Å². The van der Waals surface area contributed by atoms with Gasteiger partial charge < -0.3 is 23.7 Å². The summed E-state index contributed by atoms with van der Waals surface area (Å²) in [6.07, 6.45) is 10.5. The van der Waals surface area contributed by atoms with Crippen molar-refractivity contribution in [2.24, 2.45) is 10.8 Å². The topological polar surface area (TPSA) is 101 Å². The van der Waals surface area contributed by atoms with E-state index in [0.29, 0.717) is 19.4 Å². The molecule has 1 saturated carbocycles. The predicted octanol–water partition coefficient (Wildman–Crippen LogP) is 3.12. The molecule has 0 aromatic carbocycles. The Morgan fingerprint density at radius 3 is 2.37 bits per heavy atom. The van der Waals surface area contributed by atoms with Crippen molar-refractivity contribution in [1.29, 1.82) is 0 Å². The van der Waals surface area contributed by atoms with Crippen LogP contribution in [0.1, 0.15) is 46.5 Å². The van der Waals surface area contributed by atoms with Gasteiger partial charge in [0.05, 0.1) is 30.8 Å². The maximum atomic E-state index is 12.8. The number of rotatable bonds is 0. The predicted molar refractivity (Wildman–Crippen MR) is 124 cm³/mol. The van der Waals surface area contributed by atoms with E-state index in [1.165, 1.54) is 36.0 Å². The Morgan fingerprint density at radius 2 is 1.63 bits per heavy atom. The minimum Gasteiger partial charge on any atom is -0.462 e. The summed E-state index contributed by atoms with van der Waals surface area (Å²) >= 11 is 0. The third kappa shape index (κ3) is 3.87. The summed E-state index contributed by atoms with van der Waals surface area (Å²) in [5, 5.41) is 0. The zero-order chi connectivity index (χ0) is 24.8. The van der Waals surface area contributed by atoms with Crippen LogP contribution in [-0.4, -0.2) is 61.6 Å². The first-order valence-electron chi connectivity index (χ1n) is 12.2. The first kappa shape index (κ1) is 24.0. The fraction of sp³-hybridized carbons (Fsp3) is 0.593. The van der Waals surface area contributed by atoms with E-state index >= 15 is 0 Å². The highest BCUT2D eigenvalue weighted by Gasteiger charge is 2.83. The number of esters is 3. The van der Waals surface area contributed by atoms with Crippen molar-refractivity contribution in [3.63, 3.8) is 0 Å². The number of carbonyl (C=O) groups excluding carboxylic acids is 3. The molecule has 0 radical (unpaired) electrons. The number of epoxide rings is 1. The minimum atomic E-state index is -0.613. The molecule has 0 amide bonds. The fourth-order valence-electron chi connectivity index (χ4n) is 6.46. The maximum absolute atomic E-state index is 12.8. The molecule has 3 aliphatic heterocycles. The molecule has 3 fully saturated rings. The number of hydrogen-bond donors (Lipinski definition) is 0. The van der Waals surface area contributed by atoms with Crippen LogP contribution in [0.2, 0.25) is 0 Å². The van der Waals surface area contributed by atoms with Gasteiger partial charge in [0.1, 0.15) is 18.3 Å². The van der Waals surface area contributed by atoms with Gasteiger partial charge in [-0.1, -0.05) is 36.3 Å². The summed E-state index contributed by atoms with van der Waals surface area (Å²) in [7, 11) is 0. The molecule has 6 atom stereocenters. The molecule has 0 N–H and O–H groups in total. The second kappa shape index (κ2) is 8.75. The smallest absolute Gasteiger partial charge is 0.331 e. The van der Waals surface area contributed by atoms with Crippen molar-refractivity contribution in [1.82, 2.24) is 0 Å². The van der Waals surface area contributed by atoms with Crippen molar-refractivity contribution in [2.45, 2.75) is 70.4 Å². The zero-order valence-corrected chi connectivity index (χ0v) is 20.4. The summed E-state index contributed by atoms with van der Waals surface area (Å²) in [5.74, 6) is -1.50. The van der Waals surface area contributed by atoms with Crippen LogP contribution < -0.4 is 0 Å². The fourth-order valence-corrected chi connectivity index (χ4v) is 6.46. The Kier molecular flexibility index (Phi) is 6.00. The molecule has 35 heavy (non-hydrogen) atoms. The molecule has 0 aromatic rings. The van der Waals surface area contributed by atoms with Gasteiger partial charge in [0.2, 0.25) is 0 Å². The molecule has 3 heterocycles. The molecule has 2 aliphatic carbocycles. The third-order valence-corrected chi connectivity index (χ3v) is 8.63. The highest BCUT2D eigenvalue weighted by molar-refractivity contribution is 5.85. The van der Waals surface area contributed by atoms with Gasteiger partial charge in [0, 0.05) is 36.5 Å². The third-order valence-electron chi connectivity index (χ3n) is 8.63. The van der Waals surface area contributed by atoms with Crippen LogP contribution in [0.4, 0.5) is 0 Å². The summed E-state index contributed by atoms with van der Waals surface area (Å²) in [4.78, 5) is 37.4. The van der Waals surface area contributed by atoms with Gasteiger partial charge in [0.25, 0.3) is 0 Å². The number of carbonyl (C=O) groups is 3. The molecule has 2 bridgehead atoms. The van der Waals surface area contributed by atoms with Crippen molar-refractivity contribution in [3.05, 3.63) is 47.6 Å². The number of hydrogen-bond acceptors (Lipinski definition) is 8. The molecule has 0 unspecified atom stereocenters. The van der Waals surface area contributed by atoms with Crippen LogP contribution in [-0.2, 0) is 38.1 Å². The quantitative estimate of drug-likeness (QED) is 0.224. The Bertz CT molecular complexity index is 1050. The van der Waals surface area contributed by atoms with E-state index in [2.05, 4.69) is 19.9 Å². The molecular formula is C27H32O8. The van der Waals surface area contributed by atoms with Crippen LogP contribution in [0.25, 0.3) is 0 Å². The molecule has 8 heteroatoms. The SMILES string of the molecule is CC1=C[C@H]2O[C@@H]3C[C@H]4OC(=O)/C=C\C=C\C(=O)OCC/C(C)=C/C(=O)OC[C@@]2(CC1)[C@]4(C)[C@]31CO1. The Balaban J connectivity index is 1.53. The normalized spacial score (nSPS) is 44.9. The zero-order valence-electron chi connectivity index (χ0n) is 20.4. The van der Waals surface area contributed by atoms with E-state index in [0.717, 1.165) is 18.4 Å². The molecule has 188 valence electrons. The van der Waals surface area contributed by atoms with Crippen LogP contribution in [0.3, 0.4) is 0 Å². The van der Waals surface area contributed by atoms with E-state index in [9.17, 15) is 14.4 Å². The maximum Gasteiger partial charge on any atom is 0.331 e. The summed E-state index contributed by atoms with van der Waals surface area (Å²) in [6.45, 7) is 6.77. The van der Waals surface area contributed by atoms with Crippen LogP contribution in [0.15, 0.2) is 47.6 Å². The largest absolute Gasteiger partial charge is 0.462 e. The highest BCUT2D eigenvalue weighted by atomic mass is 16.6. The van der Waals surface area contributed by atoms with Crippen LogP contribution in [0, 0.1) is 10.8 Å². The number of ether oxygens (including phenoxy) is 5. The lowest BCUT2D eigenvalue weighted by atomic mass is 9.51. The second-order valence-electron chi connectivity index (χ2n) is 10.5. The highest BCUT2D eigenvalue weighted by Crippen LogP contribution is 2.72. The van der Waals surface area contributed by atoms with Gasteiger partial charge in [-0.15, -0.1) is 0 Å². The van der Waals surface area contributed by atoms with Crippen molar-refractivity contribution < 1.29 is 38.1 Å². The molecule has 0 aromatic heterocycles. The van der Waals surface area contributed by atoms with E-state index < -0.39 is 40.4 Å². The summed E-state index contributed by atoms with van der Waals surface area (Å²) in [5.41, 5.74) is 0.194. The second-order valence-corrected chi connectivity index (χ2v) is 10.5. The number of allylic oxidation sites excluding steroid dienone is 3. The van der Waals surface area contributed by atoms with Crippen molar-refractivity contribution >= 4 is 17.9 Å². The minimum absolute atomic E-state index is 0.125. The Labute approximate surface area is 204 Å². The lowest BCUT2D eigenvalue weighted by Crippen LogP contribution is -2.66. The molecular weight excluding hydrogens is 452 g/mol. The Morgan fingerprint density at radius 1 is 0.886 bits per heavy atom. The van der Waals surface area contributed by atoms with E-state index in [4.69, 9.17) is 23.7 Å². The molecule has 5 rings (SSSR count). The average Bonchev–Trinajstić information content (AvgIpc) is 3.58. The molecule has 2 saturated heterocycles. The Hall–Kier alpha value is -2.71. The first-order valence-corrected chi connectivity index (χ1v) is 12.2. The summed E-state index contributed by atoms with van der Waals surface area (Å²) in [6, 6.07) is 0. The van der Waals surface area contributed by atoms with Gasteiger partial charge in [-0.25, -0.2) is 14.4 Å². The number of cyclic esters (lactones) is 2. The van der Waals surface area contributed by atoms with Gasteiger partial charge in [-0.2, -0.15) is 0 Å². The molecule has 2 spiro atoms. The van der Waals surface area contributed by atoms with Crippen molar-refractivity contribution in [3.8, 4) is 0 Å².